The molecule has 2 aromatic rings. The standard InChI is InChI=1S/C18H22FN5O3S/c1-3-10(2)15(22-18(20)27)16(26)24-23-14(25)8-13-9-28-17(21-13)11-4-6-12(19)7-5-11/h4-7,9-10,15H,3,8H2,1-2H3,(H,23,25)(H,24,26)(H3,20,22,27)/t10-,15-/m0/s1. The van der Waals surface area contributed by atoms with Gasteiger partial charge < -0.3 is 11.1 Å². The number of benzene rings is 1. The highest BCUT2D eigenvalue weighted by molar-refractivity contribution is 7.13. The molecule has 150 valence electrons. The summed E-state index contributed by atoms with van der Waals surface area (Å²) in [6, 6.07) is 4.23. The van der Waals surface area contributed by atoms with E-state index >= 15 is 0 Å². The van der Waals surface area contributed by atoms with Crippen LogP contribution in [0.5, 0.6) is 0 Å². The van der Waals surface area contributed by atoms with Gasteiger partial charge in [-0.3, -0.25) is 20.4 Å². The number of nitrogens with one attached hydrogen (secondary N) is 3. The second-order valence-corrected chi connectivity index (χ2v) is 7.09. The maximum Gasteiger partial charge on any atom is 0.312 e. The number of thiazole rings is 1. The van der Waals surface area contributed by atoms with Crippen LogP contribution in [0, 0.1) is 11.7 Å². The number of aromatic nitrogens is 1. The molecule has 0 saturated carbocycles. The Balaban J connectivity index is 1.90. The van der Waals surface area contributed by atoms with Gasteiger partial charge in [0.25, 0.3) is 5.91 Å². The number of hydrogen-bond acceptors (Lipinski definition) is 5. The molecule has 0 fully saturated rings. The molecule has 28 heavy (non-hydrogen) atoms. The van der Waals surface area contributed by atoms with Gasteiger partial charge in [0.15, 0.2) is 0 Å². The number of hydrazine groups is 1. The maximum atomic E-state index is 13.0. The molecule has 0 spiro atoms. The smallest absolute Gasteiger partial charge is 0.312 e. The lowest BCUT2D eigenvalue weighted by Gasteiger charge is -2.22. The summed E-state index contributed by atoms with van der Waals surface area (Å²) in [6.07, 6.45) is 0.590. The number of carbonyl (C=O) groups is 3. The Morgan fingerprint density at radius 2 is 1.89 bits per heavy atom. The third kappa shape index (κ3) is 6.02. The van der Waals surface area contributed by atoms with Crippen LogP contribution in [-0.2, 0) is 16.0 Å². The number of halogens is 1. The first-order valence-corrected chi connectivity index (χ1v) is 9.53. The molecule has 5 N–H and O–H groups in total. The van der Waals surface area contributed by atoms with Crippen LogP contribution in [0.4, 0.5) is 9.18 Å². The van der Waals surface area contributed by atoms with Crippen LogP contribution < -0.4 is 21.9 Å². The third-order valence-electron chi connectivity index (χ3n) is 4.10. The summed E-state index contributed by atoms with van der Waals surface area (Å²) in [7, 11) is 0. The normalized spacial score (nSPS) is 12.7. The Kier molecular flexibility index (Phi) is 7.44. The van der Waals surface area contributed by atoms with E-state index in [1.165, 1.54) is 23.5 Å². The van der Waals surface area contributed by atoms with Crippen LogP contribution in [0.15, 0.2) is 29.6 Å². The van der Waals surface area contributed by atoms with Gasteiger partial charge in [0, 0.05) is 10.9 Å². The molecular weight excluding hydrogens is 385 g/mol. The van der Waals surface area contributed by atoms with Crippen molar-refractivity contribution in [3.8, 4) is 10.6 Å². The Morgan fingerprint density at radius 3 is 2.50 bits per heavy atom. The van der Waals surface area contributed by atoms with Crippen molar-refractivity contribution in [1.82, 2.24) is 21.2 Å². The predicted octanol–water partition coefficient (Wildman–Crippen LogP) is 1.72. The van der Waals surface area contributed by atoms with Gasteiger partial charge in [0.05, 0.1) is 12.1 Å². The molecule has 1 aromatic carbocycles. The minimum absolute atomic E-state index is 0.0464. The number of rotatable bonds is 7. The molecule has 10 heteroatoms. The van der Waals surface area contributed by atoms with Gasteiger partial charge in [0.1, 0.15) is 16.9 Å². The quantitative estimate of drug-likeness (QED) is 0.521. The lowest BCUT2D eigenvalue weighted by Crippen LogP contribution is -2.55. The minimum atomic E-state index is -0.854. The number of hydrogen-bond donors (Lipinski definition) is 4. The molecule has 0 aliphatic rings. The highest BCUT2D eigenvalue weighted by atomic mass is 32.1. The Morgan fingerprint density at radius 1 is 1.21 bits per heavy atom. The fourth-order valence-corrected chi connectivity index (χ4v) is 3.21. The average Bonchev–Trinajstić information content (AvgIpc) is 3.12. The number of primary amides is 1. The summed E-state index contributed by atoms with van der Waals surface area (Å²) < 4.78 is 13.0. The maximum absolute atomic E-state index is 13.0. The van der Waals surface area contributed by atoms with Crippen LogP contribution in [-0.4, -0.2) is 28.9 Å². The van der Waals surface area contributed by atoms with E-state index in [2.05, 4.69) is 21.2 Å². The molecule has 2 rings (SSSR count). The van der Waals surface area contributed by atoms with Gasteiger partial charge in [-0.15, -0.1) is 11.3 Å². The fraction of sp³-hybridized carbons (Fsp3) is 0.333. The molecule has 0 bridgehead atoms. The summed E-state index contributed by atoms with van der Waals surface area (Å²) in [5.41, 5.74) is 11.0. The Labute approximate surface area is 165 Å². The van der Waals surface area contributed by atoms with Crippen LogP contribution >= 0.6 is 11.3 Å². The second kappa shape index (κ2) is 9.79. The summed E-state index contributed by atoms with van der Waals surface area (Å²) in [5.74, 6) is -1.53. The zero-order valence-corrected chi connectivity index (χ0v) is 16.3. The zero-order chi connectivity index (χ0) is 20.7. The van der Waals surface area contributed by atoms with Gasteiger partial charge >= 0.3 is 6.03 Å². The van der Waals surface area contributed by atoms with Crippen molar-refractivity contribution in [3.63, 3.8) is 0 Å². The largest absolute Gasteiger partial charge is 0.352 e. The second-order valence-electron chi connectivity index (χ2n) is 6.24. The SMILES string of the molecule is CC[C@H](C)[C@H](NC(N)=O)C(=O)NNC(=O)Cc1csc(-c2ccc(F)cc2)n1. The van der Waals surface area contributed by atoms with Crippen LogP contribution in [0.1, 0.15) is 26.0 Å². The predicted molar refractivity (Wildman–Crippen MR) is 103 cm³/mol. The van der Waals surface area contributed by atoms with Crippen molar-refractivity contribution in [2.45, 2.75) is 32.7 Å². The highest BCUT2D eigenvalue weighted by Gasteiger charge is 2.25. The average molecular weight is 407 g/mol. The van der Waals surface area contributed by atoms with Crippen molar-refractivity contribution < 1.29 is 18.8 Å². The van der Waals surface area contributed by atoms with Crippen LogP contribution in [0.25, 0.3) is 10.6 Å². The van der Waals surface area contributed by atoms with Gasteiger partial charge in [-0.2, -0.15) is 0 Å². The van der Waals surface area contributed by atoms with E-state index in [-0.39, 0.29) is 18.2 Å². The molecule has 0 saturated heterocycles. The summed E-state index contributed by atoms with van der Waals surface area (Å²) in [5, 5.41) is 4.75. The first-order valence-electron chi connectivity index (χ1n) is 8.65. The topological polar surface area (TPSA) is 126 Å². The molecule has 0 unspecified atom stereocenters. The van der Waals surface area contributed by atoms with E-state index < -0.39 is 23.9 Å². The van der Waals surface area contributed by atoms with Crippen molar-refractivity contribution in [2.24, 2.45) is 11.7 Å². The van der Waals surface area contributed by atoms with Crippen LogP contribution in [0.3, 0.4) is 0 Å². The van der Waals surface area contributed by atoms with Gasteiger partial charge in [0.2, 0.25) is 5.91 Å². The van der Waals surface area contributed by atoms with E-state index in [9.17, 15) is 18.8 Å². The van der Waals surface area contributed by atoms with Crippen LogP contribution in [0.2, 0.25) is 0 Å². The minimum Gasteiger partial charge on any atom is -0.352 e. The number of nitrogens with two attached hydrogens (primary N) is 1. The number of urea groups is 1. The third-order valence-corrected chi connectivity index (χ3v) is 5.04. The zero-order valence-electron chi connectivity index (χ0n) is 15.5. The Hall–Kier alpha value is -3.01. The first-order chi connectivity index (χ1) is 13.3. The molecule has 8 nitrogen and oxygen atoms in total. The van der Waals surface area contributed by atoms with Crippen molar-refractivity contribution in [1.29, 1.82) is 0 Å². The first kappa shape index (κ1) is 21.3. The molecule has 0 radical (unpaired) electrons. The van der Waals surface area contributed by atoms with Gasteiger partial charge in [-0.25, -0.2) is 14.2 Å². The molecule has 0 aliphatic heterocycles. The fourth-order valence-electron chi connectivity index (χ4n) is 2.39. The van der Waals surface area contributed by atoms with E-state index in [1.54, 1.807) is 24.4 Å². The van der Waals surface area contributed by atoms with Crippen molar-refractivity contribution >= 4 is 29.2 Å². The Bertz CT molecular complexity index is 840. The number of amides is 4. The number of nitrogens with zero attached hydrogens (tertiary/aromatic N) is 1. The molecule has 1 aromatic heterocycles. The summed E-state index contributed by atoms with van der Waals surface area (Å²) in [4.78, 5) is 39.7. The number of carbonyl (C=O) groups excluding carboxylic acids is 3. The van der Waals surface area contributed by atoms with E-state index in [4.69, 9.17) is 5.73 Å². The van der Waals surface area contributed by atoms with E-state index in [0.29, 0.717) is 17.1 Å². The molecule has 0 aliphatic carbocycles. The van der Waals surface area contributed by atoms with Gasteiger partial charge in [-0.05, 0) is 30.2 Å². The molecule has 4 amide bonds. The monoisotopic (exact) mass is 407 g/mol. The van der Waals surface area contributed by atoms with Crippen molar-refractivity contribution in [2.75, 3.05) is 0 Å². The molecule has 2 atom stereocenters. The molecular formula is C18H22FN5O3S. The summed E-state index contributed by atoms with van der Waals surface area (Å²) >= 11 is 1.33. The molecule has 1 heterocycles. The van der Waals surface area contributed by atoms with E-state index in [0.717, 1.165) is 5.56 Å². The van der Waals surface area contributed by atoms with Crippen molar-refractivity contribution in [3.05, 3.63) is 41.2 Å². The highest BCUT2D eigenvalue weighted by Crippen LogP contribution is 2.24. The lowest BCUT2D eigenvalue weighted by atomic mass is 9.99. The summed E-state index contributed by atoms with van der Waals surface area (Å²) in [6.45, 7) is 3.65. The van der Waals surface area contributed by atoms with Gasteiger partial charge in [-0.1, -0.05) is 20.3 Å². The van der Waals surface area contributed by atoms with E-state index in [1.807, 2.05) is 6.92 Å². The lowest BCUT2D eigenvalue weighted by molar-refractivity contribution is -0.130.